The Morgan fingerprint density at radius 3 is 1.68 bits per heavy atom. The summed E-state index contributed by atoms with van der Waals surface area (Å²) in [6, 6.07) is 0. The lowest BCUT2D eigenvalue weighted by molar-refractivity contribution is 0.750. The van der Waals surface area contributed by atoms with Crippen molar-refractivity contribution >= 4 is 81.6 Å². The number of nitrogen functional groups attached to an aromatic ring is 2. The van der Waals surface area contributed by atoms with E-state index in [1.807, 2.05) is 4.90 Å². The fourth-order valence-corrected chi connectivity index (χ4v) is 2.46. The fourth-order valence-electron chi connectivity index (χ4n) is 1.35. The van der Waals surface area contributed by atoms with Crippen molar-refractivity contribution in [3.8, 4) is 0 Å². The van der Waals surface area contributed by atoms with Crippen LogP contribution in [0.5, 0.6) is 0 Å². The molecule has 0 aliphatic carbocycles. The monoisotopic (exact) mass is 522 g/mol. The zero-order valence-corrected chi connectivity index (χ0v) is 16.3. The maximum absolute atomic E-state index is 5.61. The van der Waals surface area contributed by atoms with E-state index < -0.39 is 0 Å². The Morgan fingerprint density at radius 1 is 0.895 bits per heavy atom. The molecule has 0 saturated carbocycles. The number of alkyl halides is 4. The van der Waals surface area contributed by atoms with Gasteiger partial charge in [-0.2, -0.15) is 15.0 Å². The smallest absolute Gasteiger partial charge is 0.232 e. The second-order valence-corrected chi connectivity index (χ2v) is 7.64. The Bertz CT molecular complexity index is 374. The maximum Gasteiger partial charge on any atom is 0.232 e. The number of halogens is 4. The van der Waals surface area contributed by atoms with Gasteiger partial charge in [-0.3, -0.25) is 0 Å². The molecule has 0 bridgehead atoms. The van der Waals surface area contributed by atoms with Crippen LogP contribution in [0.2, 0.25) is 0 Å². The molecule has 0 radical (unpaired) electrons. The summed E-state index contributed by atoms with van der Waals surface area (Å²) in [5, 5.41) is 1.64. The second kappa shape index (κ2) is 8.58. The van der Waals surface area contributed by atoms with E-state index in [9.17, 15) is 0 Å². The molecule has 1 rings (SSSR count). The van der Waals surface area contributed by atoms with Crippen LogP contribution in [-0.4, -0.2) is 48.4 Å². The van der Waals surface area contributed by atoms with Gasteiger partial charge in [0, 0.05) is 33.4 Å². The molecule has 19 heavy (non-hydrogen) atoms. The highest BCUT2D eigenvalue weighted by Gasteiger charge is 2.18. The minimum atomic E-state index is 0.127. The molecule has 1 heterocycles. The van der Waals surface area contributed by atoms with Gasteiger partial charge in [-0.05, 0) is 0 Å². The van der Waals surface area contributed by atoms with E-state index in [-0.39, 0.29) is 21.6 Å². The van der Waals surface area contributed by atoms with Crippen molar-refractivity contribution in [1.29, 1.82) is 0 Å². The third-order valence-corrected chi connectivity index (χ3v) is 6.64. The summed E-state index contributed by atoms with van der Waals surface area (Å²) in [6.45, 7) is 1.45. The van der Waals surface area contributed by atoms with Gasteiger partial charge in [0.25, 0.3) is 0 Å². The molecule has 10 heteroatoms. The number of hydrogen-bond donors (Lipinski definition) is 2. The Kier molecular flexibility index (Phi) is 7.85. The summed E-state index contributed by atoms with van der Waals surface area (Å²) in [5.41, 5.74) is 11.2. The topological polar surface area (TPSA) is 93.9 Å². The largest absolute Gasteiger partial charge is 0.368 e. The molecule has 1 aromatic heterocycles. The molecule has 108 valence electrons. The molecule has 2 atom stereocenters. The van der Waals surface area contributed by atoms with Gasteiger partial charge < -0.3 is 16.4 Å². The normalized spacial score (nSPS) is 14.1. The predicted octanol–water partition coefficient (Wildman–Crippen LogP) is 2.16. The van der Waals surface area contributed by atoms with Gasteiger partial charge in [0.1, 0.15) is 0 Å². The van der Waals surface area contributed by atoms with Gasteiger partial charge in [0.05, 0.1) is 0 Å². The van der Waals surface area contributed by atoms with E-state index in [2.05, 4.69) is 78.7 Å². The highest BCUT2D eigenvalue weighted by Crippen LogP contribution is 2.17. The number of rotatable bonds is 7. The molecular weight excluding hydrogens is 512 g/mol. The van der Waals surface area contributed by atoms with Crippen molar-refractivity contribution in [3.63, 3.8) is 0 Å². The first-order valence-corrected chi connectivity index (χ1v) is 9.45. The lowest BCUT2D eigenvalue weighted by Crippen LogP contribution is -2.37. The van der Waals surface area contributed by atoms with Gasteiger partial charge in [-0.25, -0.2) is 0 Å². The van der Waals surface area contributed by atoms with Crippen LogP contribution in [0.1, 0.15) is 0 Å². The summed E-state index contributed by atoms with van der Waals surface area (Å²) in [4.78, 5) is 14.6. The molecule has 0 unspecified atom stereocenters. The van der Waals surface area contributed by atoms with Crippen LogP contribution in [0, 0.1) is 0 Å². The minimum Gasteiger partial charge on any atom is -0.368 e. The van der Waals surface area contributed by atoms with Crippen LogP contribution in [0.25, 0.3) is 0 Å². The summed E-state index contributed by atoms with van der Waals surface area (Å²) in [5.74, 6) is 0.741. The highest BCUT2D eigenvalue weighted by atomic mass is 79.9. The lowest BCUT2D eigenvalue weighted by atomic mass is 10.3. The van der Waals surface area contributed by atoms with Gasteiger partial charge in [-0.1, -0.05) is 63.7 Å². The van der Waals surface area contributed by atoms with Crippen LogP contribution in [-0.2, 0) is 0 Å². The molecular formula is C9H14Br4N6. The van der Waals surface area contributed by atoms with E-state index in [1.165, 1.54) is 0 Å². The summed E-state index contributed by atoms with van der Waals surface area (Å²) >= 11 is 14.0. The predicted molar refractivity (Wildman–Crippen MR) is 93.9 cm³/mol. The summed E-state index contributed by atoms with van der Waals surface area (Å²) < 4.78 is 0. The highest BCUT2D eigenvalue weighted by molar-refractivity contribution is 9.12. The van der Waals surface area contributed by atoms with Crippen molar-refractivity contribution < 1.29 is 0 Å². The molecule has 0 amide bonds. The molecule has 6 nitrogen and oxygen atoms in total. The molecule has 0 saturated heterocycles. The van der Waals surface area contributed by atoms with E-state index in [0.29, 0.717) is 5.95 Å². The summed E-state index contributed by atoms with van der Waals surface area (Å²) in [7, 11) is 0. The minimum absolute atomic E-state index is 0.127. The number of nitrogens with zero attached hydrogens (tertiary/aromatic N) is 4. The Labute approximate surface area is 145 Å². The van der Waals surface area contributed by atoms with Gasteiger partial charge in [-0.15, -0.1) is 0 Å². The average Bonchev–Trinajstić information content (AvgIpc) is 2.36. The number of anilines is 3. The lowest BCUT2D eigenvalue weighted by Gasteiger charge is -2.26. The Morgan fingerprint density at radius 2 is 1.32 bits per heavy atom. The van der Waals surface area contributed by atoms with Crippen LogP contribution in [0.15, 0.2) is 0 Å². The van der Waals surface area contributed by atoms with Crippen LogP contribution < -0.4 is 16.4 Å². The van der Waals surface area contributed by atoms with Crippen molar-refractivity contribution in [2.24, 2.45) is 0 Å². The van der Waals surface area contributed by atoms with Gasteiger partial charge in [0.15, 0.2) is 0 Å². The molecule has 0 fully saturated rings. The first kappa shape index (κ1) is 17.4. The molecule has 1 aromatic rings. The Hall–Kier alpha value is 0.330. The van der Waals surface area contributed by atoms with Crippen molar-refractivity contribution in [1.82, 2.24) is 15.0 Å². The van der Waals surface area contributed by atoms with Gasteiger partial charge in [0.2, 0.25) is 17.8 Å². The third-order valence-electron chi connectivity index (χ3n) is 2.11. The molecule has 0 aliphatic heterocycles. The zero-order chi connectivity index (χ0) is 14.4. The van der Waals surface area contributed by atoms with E-state index in [4.69, 9.17) is 11.5 Å². The quantitative estimate of drug-likeness (QED) is 0.530. The van der Waals surface area contributed by atoms with Crippen molar-refractivity contribution in [3.05, 3.63) is 0 Å². The fraction of sp³-hybridized carbons (Fsp3) is 0.667. The maximum atomic E-state index is 5.61. The van der Waals surface area contributed by atoms with E-state index >= 15 is 0 Å². The van der Waals surface area contributed by atoms with Crippen LogP contribution in [0.4, 0.5) is 17.8 Å². The second-order valence-electron chi connectivity index (χ2n) is 3.76. The third kappa shape index (κ3) is 6.09. The van der Waals surface area contributed by atoms with Crippen molar-refractivity contribution in [2.45, 2.75) is 9.65 Å². The van der Waals surface area contributed by atoms with E-state index in [0.717, 1.165) is 23.7 Å². The SMILES string of the molecule is Nc1nc(N)nc(N(C[C@H](Br)CBr)C[C@@H](Br)CBr)n1. The van der Waals surface area contributed by atoms with Gasteiger partial charge >= 0.3 is 0 Å². The van der Waals surface area contributed by atoms with Crippen LogP contribution >= 0.6 is 63.7 Å². The van der Waals surface area contributed by atoms with Crippen LogP contribution in [0.3, 0.4) is 0 Å². The molecule has 0 aromatic carbocycles. The Balaban J connectivity index is 2.93. The van der Waals surface area contributed by atoms with E-state index in [1.54, 1.807) is 0 Å². The van der Waals surface area contributed by atoms with Crippen molar-refractivity contribution in [2.75, 3.05) is 40.1 Å². The zero-order valence-electron chi connectivity index (χ0n) is 9.94. The number of nitrogens with two attached hydrogens (primary N) is 2. The molecule has 4 N–H and O–H groups in total. The molecule has 0 aliphatic rings. The first-order valence-electron chi connectivity index (χ1n) is 5.38. The standard InChI is InChI=1S/C9H14Br4N6/c10-1-5(12)3-19(4-6(13)2-11)9-17-7(14)16-8(15)18-9/h5-6H,1-4H2,(H4,14,15,16,17,18)/t5-,6+. The number of hydrogen-bond acceptors (Lipinski definition) is 6. The first-order chi connectivity index (χ1) is 8.96. The summed E-state index contributed by atoms with van der Waals surface area (Å²) in [6.07, 6.45) is 0. The average molecular weight is 526 g/mol. The number of aromatic nitrogens is 3. The molecule has 0 spiro atoms.